The molecule has 4 rings (SSSR count). The van der Waals surface area contributed by atoms with Gasteiger partial charge in [0.25, 0.3) is 0 Å². The third-order valence-electron chi connectivity index (χ3n) is 6.96. The Bertz CT molecular complexity index is 798. The third-order valence-corrected chi connectivity index (χ3v) is 6.96. The first-order valence-electron chi connectivity index (χ1n) is 11.7. The standard InChI is InChI=1S/C24H34N4O3/c25-22(29)18-10-14-27(15-11-18)13-9-17-3-7-21(8-4-17)26-23(30)20-2-1-12-28(16-20)24(31)19-5-6-19/h3-4,7-8,18-20H,1-2,5-6,9-16H2,(H2,25,29)(H,26,30). The van der Waals surface area contributed by atoms with Crippen LogP contribution in [0.3, 0.4) is 0 Å². The molecule has 1 aliphatic carbocycles. The molecule has 3 aliphatic rings. The minimum absolute atomic E-state index is 0.0124. The monoisotopic (exact) mass is 426 g/mol. The van der Waals surface area contributed by atoms with Gasteiger partial charge in [-0.05, 0) is 75.7 Å². The fraction of sp³-hybridized carbons (Fsp3) is 0.625. The average Bonchev–Trinajstić information content (AvgIpc) is 3.64. The van der Waals surface area contributed by atoms with E-state index in [1.807, 2.05) is 17.0 Å². The smallest absolute Gasteiger partial charge is 0.229 e. The Kier molecular flexibility index (Phi) is 6.90. The van der Waals surface area contributed by atoms with E-state index in [4.69, 9.17) is 5.73 Å². The third kappa shape index (κ3) is 5.85. The summed E-state index contributed by atoms with van der Waals surface area (Å²) in [4.78, 5) is 40.6. The van der Waals surface area contributed by atoms with E-state index in [2.05, 4.69) is 22.3 Å². The first kappa shape index (κ1) is 21.8. The molecule has 2 heterocycles. The molecule has 2 saturated heterocycles. The molecule has 1 aromatic rings. The summed E-state index contributed by atoms with van der Waals surface area (Å²) < 4.78 is 0. The van der Waals surface area contributed by atoms with Gasteiger partial charge in [-0.2, -0.15) is 0 Å². The maximum absolute atomic E-state index is 12.7. The van der Waals surface area contributed by atoms with E-state index in [1.54, 1.807) is 0 Å². The highest BCUT2D eigenvalue weighted by Gasteiger charge is 2.36. The first-order chi connectivity index (χ1) is 15.0. The second-order valence-corrected chi connectivity index (χ2v) is 9.35. The normalized spacial score (nSPS) is 22.8. The number of carbonyl (C=O) groups is 3. The van der Waals surface area contributed by atoms with Crippen LogP contribution >= 0.6 is 0 Å². The number of carbonyl (C=O) groups excluding carboxylic acids is 3. The molecule has 168 valence electrons. The highest BCUT2D eigenvalue weighted by Crippen LogP contribution is 2.32. The van der Waals surface area contributed by atoms with E-state index in [0.29, 0.717) is 6.54 Å². The summed E-state index contributed by atoms with van der Waals surface area (Å²) in [6, 6.07) is 8.05. The van der Waals surface area contributed by atoms with Gasteiger partial charge < -0.3 is 20.9 Å². The summed E-state index contributed by atoms with van der Waals surface area (Å²) in [5, 5.41) is 3.03. The van der Waals surface area contributed by atoms with E-state index in [9.17, 15) is 14.4 Å². The van der Waals surface area contributed by atoms with Gasteiger partial charge in [-0.15, -0.1) is 0 Å². The summed E-state index contributed by atoms with van der Waals surface area (Å²) in [7, 11) is 0. The van der Waals surface area contributed by atoms with Crippen molar-refractivity contribution in [2.45, 2.75) is 44.9 Å². The van der Waals surface area contributed by atoms with E-state index >= 15 is 0 Å². The predicted molar refractivity (Wildman–Crippen MR) is 119 cm³/mol. The molecule has 0 aromatic heterocycles. The number of anilines is 1. The van der Waals surface area contributed by atoms with Crippen LogP contribution in [0, 0.1) is 17.8 Å². The molecule has 0 radical (unpaired) electrons. The van der Waals surface area contributed by atoms with Crippen molar-refractivity contribution in [1.29, 1.82) is 0 Å². The minimum atomic E-state index is -0.173. The Balaban J connectivity index is 1.21. The lowest BCUT2D eigenvalue weighted by Crippen LogP contribution is -2.44. The van der Waals surface area contributed by atoms with Crippen LogP contribution in [0.1, 0.15) is 44.1 Å². The zero-order valence-electron chi connectivity index (χ0n) is 18.2. The predicted octanol–water partition coefficient (Wildman–Crippen LogP) is 2.01. The Labute approximate surface area is 184 Å². The number of nitrogens with two attached hydrogens (primary N) is 1. The molecule has 1 unspecified atom stereocenters. The number of likely N-dealkylation sites (tertiary alicyclic amines) is 2. The van der Waals surface area contributed by atoms with Crippen LogP contribution in [0.5, 0.6) is 0 Å². The number of nitrogens with zero attached hydrogens (tertiary/aromatic N) is 2. The summed E-state index contributed by atoms with van der Waals surface area (Å²) in [6.07, 6.45) is 6.39. The van der Waals surface area contributed by atoms with Gasteiger partial charge >= 0.3 is 0 Å². The molecule has 3 N–H and O–H groups in total. The molecule has 1 aromatic carbocycles. The zero-order valence-corrected chi connectivity index (χ0v) is 18.2. The second kappa shape index (κ2) is 9.81. The molecule has 31 heavy (non-hydrogen) atoms. The summed E-state index contributed by atoms with van der Waals surface area (Å²) >= 11 is 0. The minimum Gasteiger partial charge on any atom is -0.369 e. The quantitative estimate of drug-likeness (QED) is 0.697. The van der Waals surface area contributed by atoms with Crippen LogP contribution in [0.2, 0.25) is 0 Å². The number of hydrogen-bond donors (Lipinski definition) is 2. The Hall–Kier alpha value is -2.41. The van der Waals surface area contributed by atoms with Gasteiger partial charge in [-0.25, -0.2) is 0 Å². The van der Waals surface area contributed by atoms with Crippen molar-refractivity contribution in [1.82, 2.24) is 9.80 Å². The van der Waals surface area contributed by atoms with Gasteiger partial charge in [0.2, 0.25) is 17.7 Å². The molecule has 1 saturated carbocycles. The van der Waals surface area contributed by atoms with Crippen molar-refractivity contribution < 1.29 is 14.4 Å². The summed E-state index contributed by atoms with van der Waals surface area (Å²) in [5.41, 5.74) is 7.44. The molecule has 0 bridgehead atoms. The molecule has 2 aliphatic heterocycles. The molecule has 0 spiro atoms. The lowest BCUT2D eigenvalue weighted by atomic mass is 9.96. The number of hydrogen-bond acceptors (Lipinski definition) is 4. The zero-order chi connectivity index (χ0) is 21.8. The van der Waals surface area contributed by atoms with Crippen molar-refractivity contribution in [2.24, 2.45) is 23.5 Å². The van der Waals surface area contributed by atoms with Gasteiger partial charge in [-0.1, -0.05) is 12.1 Å². The van der Waals surface area contributed by atoms with E-state index < -0.39 is 0 Å². The Morgan fingerprint density at radius 3 is 2.26 bits per heavy atom. The van der Waals surface area contributed by atoms with Gasteiger partial charge in [0.05, 0.1) is 5.92 Å². The molecule has 3 fully saturated rings. The van der Waals surface area contributed by atoms with Crippen LogP contribution in [0.15, 0.2) is 24.3 Å². The lowest BCUT2D eigenvalue weighted by molar-refractivity contribution is -0.135. The molecular weight excluding hydrogens is 392 g/mol. The molecular formula is C24H34N4O3. The maximum atomic E-state index is 12.7. The van der Waals surface area contributed by atoms with E-state index in [0.717, 1.165) is 76.8 Å². The highest BCUT2D eigenvalue weighted by atomic mass is 16.2. The van der Waals surface area contributed by atoms with Gasteiger partial charge in [0, 0.05) is 37.2 Å². The van der Waals surface area contributed by atoms with Crippen LogP contribution < -0.4 is 11.1 Å². The highest BCUT2D eigenvalue weighted by molar-refractivity contribution is 5.93. The number of piperidine rings is 2. The largest absolute Gasteiger partial charge is 0.369 e. The van der Waals surface area contributed by atoms with Crippen molar-refractivity contribution in [3.8, 4) is 0 Å². The van der Waals surface area contributed by atoms with Crippen LogP contribution in [-0.2, 0) is 20.8 Å². The van der Waals surface area contributed by atoms with Crippen molar-refractivity contribution in [3.63, 3.8) is 0 Å². The number of nitrogens with one attached hydrogen (secondary N) is 1. The summed E-state index contributed by atoms with van der Waals surface area (Å²) in [5.74, 6) is 0.192. The Morgan fingerprint density at radius 2 is 1.61 bits per heavy atom. The fourth-order valence-corrected chi connectivity index (χ4v) is 4.71. The molecule has 7 nitrogen and oxygen atoms in total. The van der Waals surface area contributed by atoms with Gasteiger partial charge in [-0.3, -0.25) is 14.4 Å². The topological polar surface area (TPSA) is 95.7 Å². The molecule has 1 atom stereocenters. The van der Waals surface area contributed by atoms with Gasteiger partial charge in [0.1, 0.15) is 0 Å². The van der Waals surface area contributed by atoms with Crippen molar-refractivity contribution >= 4 is 23.4 Å². The van der Waals surface area contributed by atoms with Crippen molar-refractivity contribution in [3.05, 3.63) is 29.8 Å². The van der Waals surface area contributed by atoms with Crippen LogP contribution in [-0.4, -0.2) is 60.2 Å². The SMILES string of the molecule is NC(=O)C1CCN(CCc2ccc(NC(=O)C3CCCN(C(=O)C4CC4)C3)cc2)CC1. The fourth-order valence-electron chi connectivity index (χ4n) is 4.71. The van der Waals surface area contributed by atoms with Crippen LogP contribution in [0.25, 0.3) is 0 Å². The van der Waals surface area contributed by atoms with Gasteiger partial charge in [0.15, 0.2) is 0 Å². The lowest BCUT2D eigenvalue weighted by Gasteiger charge is -2.32. The second-order valence-electron chi connectivity index (χ2n) is 9.35. The number of amides is 3. The number of rotatable bonds is 7. The van der Waals surface area contributed by atoms with Crippen molar-refractivity contribution in [2.75, 3.05) is 38.0 Å². The van der Waals surface area contributed by atoms with Crippen LogP contribution in [0.4, 0.5) is 5.69 Å². The Morgan fingerprint density at radius 1 is 0.903 bits per heavy atom. The number of primary amides is 1. The maximum Gasteiger partial charge on any atom is 0.229 e. The number of benzene rings is 1. The average molecular weight is 427 g/mol. The first-order valence-corrected chi connectivity index (χ1v) is 11.7. The van der Waals surface area contributed by atoms with E-state index in [-0.39, 0.29) is 35.5 Å². The molecule has 7 heteroatoms. The van der Waals surface area contributed by atoms with E-state index in [1.165, 1.54) is 5.56 Å². The molecule has 3 amide bonds. The summed E-state index contributed by atoms with van der Waals surface area (Å²) in [6.45, 7) is 4.14.